The second kappa shape index (κ2) is 5.41. The minimum atomic E-state index is 0.0651. The van der Waals surface area contributed by atoms with Crippen LogP contribution in [0.5, 0.6) is 0 Å². The quantitative estimate of drug-likeness (QED) is 0.683. The topological polar surface area (TPSA) is 51.0 Å². The Labute approximate surface area is 144 Å². The number of thiazole rings is 1. The highest BCUT2D eigenvalue weighted by Crippen LogP contribution is 2.33. The maximum Gasteiger partial charge on any atom is 0.258 e. The van der Waals surface area contributed by atoms with Gasteiger partial charge in [0.1, 0.15) is 5.82 Å². The van der Waals surface area contributed by atoms with Crippen LogP contribution in [0.4, 0.5) is 5.13 Å². The summed E-state index contributed by atoms with van der Waals surface area (Å²) in [5, 5.41) is 0.993. The summed E-state index contributed by atoms with van der Waals surface area (Å²) in [6.45, 7) is 7.54. The standard InChI is InChI=1S/C18H20N4OS/c1-10-7-11(2)16-15(8-10)24-18(20-16)22-6-5-14-13(9-22)17(23)21(4)12(3)19-14/h7-8H,5-6,9H2,1-4H3. The van der Waals surface area contributed by atoms with Crippen molar-refractivity contribution in [2.24, 2.45) is 7.05 Å². The largest absolute Gasteiger partial charge is 0.343 e. The van der Waals surface area contributed by atoms with Gasteiger partial charge in [-0.1, -0.05) is 17.4 Å². The molecule has 0 fully saturated rings. The Hall–Kier alpha value is -2.21. The molecule has 0 amide bonds. The van der Waals surface area contributed by atoms with Crippen LogP contribution < -0.4 is 10.5 Å². The SMILES string of the molecule is Cc1cc(C)c2nc(N3CCc4nc(C)n(C)c(=O)c4C3)sc2c1. The first kappa shape index (κ1) is 15.3. The van der Waals surface area contributed by atoms with Gasteiger partial charge in [-0.15, -0.1) is 0 Å². The molecule has 3 aromatic rings. The van der Waals surface area contributed by atoms with Gasteiger partial charge in [-0.05, 0) is 38.0 Å². The van der Waals surface area contributed by atoms with Crippen LogP contribution in [-0.4, -0.2) is 21.1 Å². The Bertz CT molecular complexity index is 1020. The third-order valence-electron chi connectivity index (χ3n) is 4.75. The van der Waals surface area contributed by atoms with Gasteiger partial charge < -0.3 is 4.90 Å². The third kappa shape index (κ3) is 2.33. The van der Waals surface area contributed by atoms with Crippen molar-refractivity contribution in [1.29, 1.82) is 0 Å². The van der Waals surface area contributed by atoms with E-state index in [4.69, 9.17) is 4.98 Å². The number of aromatic nitrogens is 3. The van der Waals surface area contributed by atoms with E-state index in [0.717, 1.165) is 40.7 Å². The Kier molecular flexibility index (Phi) is 3.46. The molecule has 4 rings (SSSR count). The highest BCUT2D eigenvalue weighted by molar-refractivity contribution is 7.22. The molecule has 0 radical (unpaired) electrons. The van der Waals surface area contributed by atoms with E-state index in [1.54, 1.807) is 23.0 Å². The Morgan fingerprint density at radius 3 is 2.75 bits per heavy atom. The number of anilines is 1. The number of rotatable bonds is 1. The second-order valence-electron chi connectivity index (χ2n) is 6.54. The minimum absolute atomic E-state index is 0.0651. The van der Waals surface area contributed by atoms with Crippen LogP contribution in [0.15, 0.2) is 16.9 Å². The summed E-state index contributed by atoms with van der Waals surface area (Å²) in [5.41, 5.74) is 5.35. The van der Waals surface area contributed by atoms with Crippen LogP contribution in [0.3, 0.4) is 0 Å². The average Bonchev–Trinajstić information content (AvgIpc) is 2.97. The molecule has 1 aliphatic heterocycles. The van der Waals surface area contributed by atoms with Crippen molar-refractivity contribution in [2.45, 2.75) is 33.7 Å². The van der Waals surface area contributed by atoms with Gasteiger partial charge in [0.25, 0.3) is 5.56 Å². The third-order valence-corrected chi connectivity index (χ3v) is 5.81. The van der Waals surface area contributed by atoms with Crippen molar-refractivity contribution < 1.29 is 0 Å². The molecule has 0 aliphatic carbocycles. The summed E-state index contributed by atoms with van der Waals surface area (Å²) < 4.78 is 2.84. The van der Waals surface area contributed by atoms with Crippen LogP contribution in [0.1, 0.15) is 28.2 Å². The number of aryl methyl sites for hydroxylation is 3. The lowest BCUT2D eigenvalue weighted by atomic mass is 10.1. The molecule has 0 saturated carbocycles. The Morgan fingerprint density at radius 2 is 1.96 bits per heavy atom. The summed E-state index contributed by atoms with van der Waals surface area (Å²) in [4.78, 5) is 24.2. The molecule has 2 aromatic heterocycles. The second-order valence-corrected chi connectivity index (χ2v) is 7.55. The Morgan fingerprint density at radius 1 is 1.17 bits per heavy atom. The molecule has 6 heteroatoms. The molecule has 3 heterocycles. The first-order chi connectivity index (χ1) is 11.4. The van der Waals surface area contributed by atoms with E-state index in [1.165, 1.54) is 15.8 Å². The number of benzene rings is 1. The zero-order valence-corrected chi connectivity index (χ0v) is 15.2. The summed E-state index contributed by atoms with van der Waals surface area (Å²) in [7, 11) is 1.79. The lowest BCUT2D eigenvalue weighted by Gasteiger charge is -2.27. The van der Waals surface area contributed by atoms with Gasteiger partial charge in [-0.25, -0.2) is 9.97 Å². The summed E-state index contributed by atoms with van der Waals surface area (Å²) in [6.07, 6.45) is 0.792. The summed E-state index contributed by atoms with van der Waals surface area (Å²) >= 11 is 1.71. The number of hydrogen-bond acceptors (Lipinski definition) is 5. The molecular formula is C18H20N4OS. The van der Waals surface area contributed by atoms with Gasteiger partial charge in [-0.3, -0.25) is 9.36 Å². The molecule has 1 aromatic carbocycles. The minimum Gasteiger partial charge on any atom is -0.343 e. The molecule has 5 nitrogen and oxygen atoms in total. The molecular weight excluding hydrogens is 320 g/mol. The predicted octanol–water partition coefficient (Wildman–Crippen LogP) is 2.88. The van der Waals surface area contributed by atoms with Gasteiger partial charge in [0.15, 0.2) is 5.13 Å². The molecule has 0 saturated heterocycles. The lowest BCUT2D eigenvalue weighted by molar-refractivity contribution is 0.654. The van der Waals surface area contributed by atoms with Crippen LogP contribution in [0.2, 0.25) is 0 Å². The molecule has 0 bridgehead atoms. The van der Waals surface area contributed by atoms with Gasteiger partial charge in [0.2, 0.25) is 0 Å². The summed E-state index contributed by atoms with van der Waals surface area (Å²) in [6, 6.07) is 4.35. The van der Waals surface area contributed by atoms with Gasteiger partial charge in [0, 0.05) is 20.0 Å². The van der Waals surface area contributed by atoms with E-state index in [-0.39, 0.29) is 5.56 Å². The molecule has 0 unspecified atom stereocenters. The summed E-state index contributed by atoms with van der Waals surface area (Å²) in [5.74, 6) is 0.776. The maximum absolute atomic E-state index is 12.6. The van der Waals surface area contributed by atoms with Gasteiger partial charge in [0.05, 0.1) is 28.0 Å². The van der Waals surface area contributed by atoms with Crippen LogP contribution in [-0.2, 0) is 20.0 Å². The highest BCUT2D eigenvalue weighted by Gasteiger charge is 2.24. The predicted molar refractivity (Wildman–Crippen MR) is 98.1 cm³/mol. The number of nitrogens with zero attached hydrogens (tertiary/aromatic N) is 4. The van der Waals surface area contributed by atoms with Crippen LogP contribution in [0.25, 0.3) is 10.2 Å². The molecule has 0 spiro atoms. The van der Waals surface area contributed by atoms with Crippen molar-refractivity contribution in [3.8, 4) is 0 Å². The first-order valence-corrected chi connectivity index (χ1v) is 8.94. The zero-order valence-electron chi connectivity index (χ0n) is 14.4. The van der Waals surface area contributed by atoms with Crippen molar-refractivity contribution >= 4 is 26.7 Å². The number of hydrogen-bond donors (Lipinski definition) is 0. The van der Waals surface area contributed by atoms with Crippen molar-refractivity contribution in [2.75, 3.05) is 11.4 Å². The first-order valence-electron chi connectivity index (χ1n) is 8.12. The van der Waals surface area contributed by atoms with Crippen molar-refractivity contribution in [1.82, 2.24) is 14.5 Å². The monoisotopic (exact) mass is 340 g/mol. The average molecular weight is 340 g/mol. The van der Waals surface area contributed by atoms with Crippen molar-refractivity contribution in [3.63, 3.8) is 0 Å². The lowest BCUT2D eigenvalue weighted by Crippen LogP contribution is -2.38. The van der Waals surface area contributed by atoms with E-state index in [1.807, 2.05) is 6.92 Å². The molecule has 24 heavy (non-hydrogen) atoms. The fourth-order valence-corrected chi connectivity index (χ4v) is 4.51. The van der Waals surface area contributed by atoms with E-state index in [0.29, 0.717) is 6.54 Å². The molecule has 0 atom stereocenters. The molecule has 1 aliphatic rings. The fraction of sp³-hybridized carbons (Fsp3) is 0.389. The fourth-order valence-electron chi connectivity index (χ4n) is 3.34. The van der Waals surface area contributed by atoms with E-state index in [9.17, 15) is 4.79 Å². The maximum atomic E-state index is 12.6. The van der Waals surface area contributed by atoms with Crippen LogP contribution >= 0.6 is 11.3 Å². The highest BCUT2D eigenvalue weighted by atomic mass is 32.1. The Balaban J connectivity index is 1.76. The molecule has 124 valence electrons. The van der Waals surface area contributed by atoms with E-state index >= 15 is 0 Å². The van der Waals surface area contributed by atoms with Gasteiger partial charge >= 0.3 is 0 Å². The van der Waals surface area contributed by atoms with E-state index in [2.05, 4.69) is 35.9 Å². The number of fused-ring (bicyclic) bond motifs is 2. The van der Waals surface area contributed by atoms with Gasteiger partial charge in [-0.2, -0.15) is 0 Å². The zero-order chi connectivity index (χ0) is 17.0. The molecule has 0 N–H and O–H groups in total. The van der Waals surface area contributed by atoms with E-state index < -0.39 is 0 Å². The van der Waals surface area contributed by atoms with Crippen LogP contribution in [0, 0.1) is 20.8 Å². The van der Waals surface area contributed by atoms with Crippen molar-refractivity contribution in [3.05, 3.63) is 50.7 Å². The smallest absolute Gasteiger partial charge is 0.258 e. The normalized spacial score (nSPS) is 14.2.